The van der Waals surface area contributed by atoms with Crippen molar-refractivity contribution < 1.29 is 0 Å². The summed E-state index contributed by atoms with van der Waals surface area (Å²) in [4.78, 5) is 2.34. The fourth-order valence-corrected chi connectivity index (χ4v) is 2.30. The van der Waals surface area contributed by atoms with Gasteiger partial charge in [0.2, 0.25) is 0 Å². The Balaban J connectivity index is 2.63. The standard InChI is InChI=1S/C9H18N2S/c1-4-8-6-5-7(2)11(8)9(12)10-3/h7-8H,4-6H2,1-3H3,(H,10,12). The molecule has 0 spiro atoms. The van der Waals surface area contributed by atoms with Crippen LogP contribution in [0.4, 0.5) is 0 Å². The highest BCUT2D eigenvalue weighted by molar-refractivity contribution is 7.80. The molecule has 3 heteroatoms. The summed E-state index contributed by atoms with van der Waals surface area (Å²) in [6.07, 6.45) is 3.77. The first kappa shape index (κ1) is 9.78. The van der Waals surface area contributed by atoms with Gasteiger partial charge in [0, 0.05) is 19.1 Å². The van der Waals surface area contributed by atoms with Crippen molar-refractivity contribution in [3.63, 3.8) is 0 Å². The Morgan fingerprint density at radius 1 is 1.58 bits per heavy atom. The first-order valence-electron chi connectivity index (χ1n) is 4.70. The second kappa shape index (κ2) is 4.08. The first-order valence-corrected chi connectivity index (χ1v) is 5.11. The summed E-state index contributed by atoms with van der Waals surface area (Å²) in [5.41, 5.74) is 0. The topological polar surface area (TPSA) is 15.3 Å². The minimum atomic E-state index is 0.620. The molecule has 0 amide bonds. The molecular weight excluding hydrogens is 168 g/mol. The molecule has 1 aliphatic heterocycles. The van der Waals surface area contributed by atoms with Crippen molar-refractivity contribution in [1.29, 1.82) is 0 Å². The molecule has 1 rings (SSSR count). The predicted octanol–water partition coefficient (Wildman–Crippen LogP) is 1.75. The van der Waals surface area contributed by atoms with Gasteiger partial charge in [-0.2, -0.15) is 0 Å². The second-order valence-electron chi connectivity index (χ2n) is 3.45. The highest BCUT2D eigenvalue weighted by atomic mass is 32.1. The Kier molecular flexibility index (Phi) is 3.32. The average molecular weight is 186 g/mol. The minimum Gasteiger partial charge on any atom is -0.366 e. The molecule has 2 nitrogen and oxygen atoms in total. The van der Waals surface area contributed by atoms with Crippen LogP contribution in [0.1, 0.15) is 33.1 Å². The monoisotopic (exact) mass is 186 g/mol. The van der Waals surface area contributed by atoms with Gasteiger partial charge < -0.3 is 10.2 Å². The van der Waals surface area contributed by atoms with Crippen LogP contribution >= 0.6 is 12.2 Å². The van der Waals surface area contributed by atoms with E-state index >= 15 is 0 Å². The summed E-state index contributed by atoms with van der Waals surface area (Å²) < 4.78 is 0. The van der Waals surface area contributed by atoms with Gasteiger partial charge in [-0.3, -0.25) is 0 Å². The average Bonchev–Trinajstić information content (AvgIpc) is 2.45. The Bertz CT molecular complexity index is 170. The normalized spacial score (nSPS) is 29.1. The van der Waals surface area contributed by atoms with Gasteiger partial charge in [-0.15, -0.1) is 0 Å². The quantitative estimate of drug-likeness (QED) is 0.628. The molecular formula is C9H18N2S. The van der Waals surface area contributed by atoms with Gasteiger partial charge in [0.25, 0.3) is 0 Å². The summed E-state index contributed by atoms with van der Waals surface area (Å²) >= 11 is 5.25. The lowest BCUT2D eigenvalue weighted by Crippen LogP contribution is -2.44. The van der Waals surface area contributed by atoms with E-state index in [4.69, 9.17) is 12.2 Å². The zero-order chi connectivity index (χ0) is 9.14. The molecule has 2 atom stereocenters. The van der Waals surface area contributed by atoms with Gasteiger partial charge >= 0.3 is 0 Å². The maximum Gasteiger partial charge on any atom is 0.169 e. The van der Waals surface area contributed by atoms with Crippen LogP contribution < -0.4 is 5.32 Å². The lowest BCUT2D eigenvalue weighted by molar-refractivity contribution is 0.318. The molecule has 0 aromatic rings. The van der Waals surface area contributed by atoms with E-state index in [-0.39, 0.29) is 0 Å². The van der Waals surface area contributed by atoms with Crippen LogP contribution in [0.2, 0.25) is 0 Å². The molecule has 0 aromatic carbocycles. The van der Waals surface area contributed by atoms with Gasteiger partial charge in [0.15, 0.2) is 5.11 Å². The van der Waals surface area contributed by atoms with Gasteiger partial charge in [-0.1, -0.05) is 6.92 Å². The molecule has 1 aliphatic rings. The van der Waals surface area contributed by atoms with Crippen LogP contribution in [-0.2, 0) is 0 Å². The van der Waals surface area contributed by atoms with Crippen molar-refractivity contribution in [2.24, 2.45) is 0 Å². The number of nitrogens with zero attached hydrogens (tertiary/aromatic N) is 1. The van der Waals surface area contributed by atoms with E-state index in [2.05, 4.69) is 24.1 Å². The number of thiocarbonyl (C=S) groups is 1. The zero-order valence-electron chi connectivity index (χ0n) is 8.13. The molecule has 0 radical (unpaired) electrons. The van der Waals surface area contributed by atoms with Crippen LogP contribution in [0.25, 0.3) is 0 Å². The van der Waals surface area contributed by atoms with E-state index in [1.807, 2.05) is 7.05 Å². The van der Waals surface area contributed by atoms with E-state index in [0.717, 1.165) is 5.11 Å². The fourth-order valence-electron chi connectivity index (χ4n) is 1.97. The molecule has 1 fully saturated rings. The highest BCUT2D eigenvalue weighted by Gasteiger charge is 2.30. The number of rotatable bonds is 1. The van der Waals surface area contributed by atoms with Crippen LogP contribution in [-0.4, -0.2) is 29.1 Å². The van der Waals surface area contributed by atoms with Crippen molar-refractivity contribution in [2.45, 2.75) is 45.2 Å². The van der Waals surface area contributed by atoms with Crippen molar-refractivity contribution in [3.8, 4) is 0 Å². The smallest absolute Gasteiger partial charge is 0.169 e. The molecule has 2 unspecified atom stereocenters. The van der Waals surface area contributed by atoms with Gasteiger partial charge in [0.05, 0.1) is 0 Å². The number of hydrogen-bond donors (Lipinski definition) is 1. The van der Waals surface area contributed by atoms with Gasteiger partial charge in [-0.25, -0.2) is 0 Å². The fraction of sp³-hybridized carbons (Fsp3) is 0.889. The molecule has 0 aliphatic carbocycles. The number of likely N-dealkylation sites (tertiary alicyclic amines) is 1. The maximum absolute atomic E-state index is 5.25. The maximum atomic E-state index is 5.25. The Morgan fingerprint density at radius 2 is 2.25 bits per heavy atom. The zero-order valence-corrected chi connectivity index (χ0v) is 8.95. The minimum absolute atomic E-state index is 0.620. The van der Waals surface area contributed by atoms with Crippen LogP contribution in [0, 0.1) is 0 Å². The summed E-state index contributed by atoms with van der Waals surface area (Å²) in [7, 11) is 1.90. The van der Waals surface area contributed by atoms with Crippen LogP contribution in [0.3, 0.4) is 0 Å². The molecule has 70 valence electrons. The molecule has 1 N–H and O–H groups in total. The summed E-state index contributed by atoms with van der Waals surface area (Å²) in [6, 6.07) is 1.29. The molecule has 0 aromatic heterocycles. The van der Waals surface area contributed by atoms with Crippen LogP contribution in [0.5, 0.6) is 0 Å². The van der Waals surface area contributed by atoms with Gasteiger partial charge in [0.1, 0.15) is 0 Å². The Labute approximate surface area is 80.3 Å². The van der Waals surface area contributed by atoms with Crippen molar-refractivity contribution in [2.75, 3.05) is 7.05 Å². The molecule has 0 saturated carbocycles. The van der Waals surface area contributed by atoms with E-state index in [1.54, 1.807) is 0 Å². The van der Waals surface area contributed by atoms with Crippen molar-refractivity contribution in [1.82, 2.24) is 10.2 Å². The Hall–Kier alpha value is -0.310. The largest absolute Gasteiger partial charge is 0.366 e. The first-order chi connectivity index (χ1) is 5.70. The highest BCUT2D eigenvalue weighted by Crippen LogP contribution is 2.25. The predicted molar refractivity (Wildman–Crippen MR) is 56.3 cm³/mol. The molecule has 1 heterocycles. The van der Waals surface area contributed by atoms with E-state index in [9.17, 15) is 0 Å². The van der Waals surface area contributed by atoms with Crippen molar-refractivity contribution >= 4 is 17.3 Å². The third-order valence-electron chi connectivity index (χ3n) is 2.71. The van der Waals surface area contributed by atoms with Gasteiger partial charge in [-0.05, 0) is 38.4 Å². The lowest BCUT2D eigenvalue weighted by Gasteiger charge is -2.29. The lowest BCUT2D eigenvalue weighted by atomic mass is 10.2. The van der Waals surface area contributed by atoms with Crippen LogP contribution in [0.15, 0.2) is 0 Å². The second-order valence-corrected chi connectivity index (χ2v) is 3.84. The molecule has 1 saturated heterocycles. The summed E-state index contributed by atoms with van der Waals surface area (Å²) in [6.45, 7) is 4.48. The third-order valence-corrected chi connectivity index (χ3v) is 3.12. The van der Waals surface area contributed by atoms with E-state index < -0.39 is 0 Å². The SMILES string of the molecule is CCC1CCC(C)N1C(=S)NC. The molecule has 0 bridgehead atoms. The molecule has 12 heavy (non-hydrogen) atoms. The van der Waals surface area contributed by atoms with E-state index in [1.165, 1.54) is 19.3 Å². The summed E-state index contributed by atoms with van der Waals surface area (Å²) in [5.74, 6) is 0. The van der Waals surface area contributed by atoms with E-state index in [0.29, 0.717) is 12.1 Å². The number of nitrogens with one attached hydrogen (secondary N) is 1. The Morgan fingerprint density at radius 3 is 2.75 bits per heavy atom. The number of hydrogen-bond acceptors (Lipinski definition) is 1. The van der Waals surface area contributed by atoms with Crippen molar-refractivity contribution in [3.05, 3.63) is 0 Å². The third kappa shape index (κ3) is 1.71. The summed E-state index contributed by atoms with van der Waals surface area (Å²) in [5, 5.41) is 3.97.